The fourth-order valence-corrected chi connectivity index (χ4v) is 2.68. The third kappa shape index (κ3) is 4.07. The van der Waals surface area contributed by atoms with Crippen LogP contribution in [0.4, 0.5) is 10.8 Å². The van der Waals surface area contributed by atoms with E-state index in [1.165, 1.54) is 18.6 Å². The molecule has 1 rings (SSSR count). The van der Waals surface area contributed by atoms with Gasteiger partial charge in [0.05, 0.1) is 7.11 Å². The van der Waals surface area contributed by atoms with Crippen molar-refractivity contribution in [3.05, 3.63) is 5.56 Å². The van der Waals surface area contributed by atoms with E-state index in [4.69, 9.17) is 10.5 Å². The maximum absolute atomic E-state index is 11.7. The van der Waals surface area contributed by atoms with Gasteiger partial charge in [0.2, 0.25) is 0 Å². The lowest BCUT2D eigenvalue weighted by atomic mass is 10.2. The summed E-state index contributed by atoms with van der Waals surface area (Å²) >= 11 is 1.25. The first-order chi connectivity index (χ1) is 9.01. The van der Waals surface area contributed by atoms with E-state index in [9.17, 15) is 4.79 Å². The zero-order chi connectivity index (χ0) is 14.4. The number of anilines is 2. The van der Waals surface area contributed by atoms with Gasteiger partial charge in [0.1, 0.15) is 10.6 Å². The summed E-state index contributed by atoms with van der Waals surface area (Å²) in [5, 5.41) is 0.797. The van der Waals surface area contributed by atoms with E-state index in [1.807, 2.05) is 21.0 Å². The minimum absolute atomic E-state index is 0.248. The summed E-state index contributed by atoms with van der Waals surface area (Å²) in [6, 6.07) is 0. The largest absolute Gasteiger partial charge is 0.465 e. The van der Waals surface area contributed by atoms with E-state index < -0.39 is 5.97 Å². The standard InChI is InChI=1S/C12H22N4O2S/c1-5-16(8-6-7-15(2)3)11-9(12(17)18-4)10(13)14-19-11/h5-8H2,1-4H3,(H2,13,14). The Balaban J connectivity index is 2.83. The number of nitrogens with two attached hydrogens (primary N) is 1. The van der Waals surface area contributed by atoms with Gasteiger partial charge in [-0.1, -0.05) is 0 Å². The molecule has 0 amide bonds. The summed E-state index contributed by atoms with van der Waals surface area (Å²) < 4.78 is 8.83. The number of nitrogen functional groups attached to an aromatic ring is 1. The second kappa shape index (κ2) is 7.30. The maximum atomic E-state index is 11.7. The van der Waals surface area contributed by atoms with Crippen molar-refractivity contribution < 1.29 is 9.53 Å². The molecule has 0 spiro atoms. The van der Waals surface area contributed by atoms with E-state index in [0.717, 1.165) is 31.1 Å². The molecule has 0 unspecified atom stereocenters. The zero-order valence-electron chi connectivity index (χ0n) is 12.0. The minimum Gasteiger partial charge on any atom is -0.465 e. The monoisotopic (exact) mass is 286 g/mol. The summed E-state index contributed by atoms with van der Waals surface area (Å²) in [6.07, 6.45) is 1.01. The molecule has 0 aromatic carbocycles. The van der Waals surface area contributed by atoms with Crippen molar-refractivity contribution in [3.63, 3.8) is 0 Å². The molecule has 0 atom stereocenters. The van der Waals surface area contributed by atoms with Crippen molar-refractivity contribution in [1.29, 1.82) is 0 Å². The lowest BCUT2D eigenvalue weighted by Crippen LogP contribution is -2.27. The van der Waals surface area contributed by atoms with Crippen LogP contribution in [0.3, 0.4) is 0 Å². The van der Waals surface area contributed by atoms with Crippen LogP contribution in [0.1, 0.15) is 23.7 Å². The van der Waals surface area contributed by atoms with E-state index in [2.05, 4.69) is 14.2 Å². The van der Waals surface area contributed by atoms with Crippen molar-refractivity contribution in [2.24, 2.45) is 0 Å². The average Bonchev–Trinajstić information content (AvgIpc) is 2.75. The molecule has 0 fully saturated rings. The number of hydrogen-bond donors (Lipinski definition) is 1. The molecule has 0 aliphatic carbocycles. The number of hydrogen-bond acceptors (Lipinski definition) is 7. The lowest BCUT2D eigenvalue weighted by molar-refractivity contribution is 0.0603. The Morgan fingerprint density at radius 1 is 1.42 bits per heavy atom. The highest BCUT2D eigenvalue weighted by Crippen LogP contribution is 2.31. The normalized spacial score (nSPS) is 10.8. The van der Waals surface area contributed by atoms with Crippen LogP contribution in [0.15, 0.2) is 0 Å². The van der Waals surface area contributed by atoms with Gasteiger partial charge in [-0.05, 0) is 45.5 Å². The van der Waals surface area contributed by atoms with Crippen LogP contribution in [-0.2, 0) is 4.74 Å². The molecule has 1 heterocycles. The molecule has 108 valence electrons. The molecule has 6 nitrogen and oxygen atoms in total. The van der Waals surface area contributed by atoms with Crippen molar-refractivity contribution in [2.75, 3.05) is 51.5 Å². The molecule has 0 aliphatic heterocycles. The highest BCUT2D eigenvalue weighted by atomic mass is 32.1. The molecule has 0 radical (unpaired) electrons. The Kier molecular flexibility index (Phi) is 6.04. The molecule has 19 heavy (non-hydrogen) atoms. The van der Waals surface area contributed by atoms with E-state index in [0.29, 0.717) is 5.56 Å². The second-order valence-corrected chi connectivity index (χ2v) is 5.23. The van der Waals surface area contributed by atoms with Gasteiger partial charge in [0.25, 0.3) is 0 Å². The van der Waals surface area contributed by atoms with Crippen LogP contribution >= 0.6 is 11.5 Å². The van der Waals surface area contributed by atoms with Gasteiger partial charge in [-0.2, -0.15) is 4.37 Å². The Hall–Kier alpha value is -1.34. The molecule has 0 bridgehead atoms. The van der Waals surface area contributed by atoms with Crippen LogP contribution < -0.4 is 10.6 Å². The Morgan fingerprint density at radius 3 is 2.63 bits per heavy atom. The third-order valence-electron chi connectivity index (χ3n) is 2.79. The molecule has 0 saturated carbocycles. The van der Waals surface area contributed by atoms with Crippen LogP contribution in [0.5, 0.6) is 0 Å². The van der Waals surface area contributed by atoms with Gasteiger partial charge in [-0.15, -0.1) is 0 Å². The van der Waals surface area contributed by atoms with Crippen molar-refractivity contribution in [2.45, 2.75) is 13.3 Å². The molecule has 2 N–H and O–H groups in total. The van der Waals surface area contributed by atoms with Crippen LogP contribution in [0, 0.1) is 0 Å². The van der Waals surface area contributed by atoms with E-state index in [-0.39, 0.29) is 5.82 Å². The number of methoxy groups -OCH3 is 1. The number of aromatic nitrogens is 1. The first kappa shape index (κ1) is 15.7. The molecular formula is C12H22N4O2S. The predicted octanol–water partition coefficient (Wildman–Crippen LogP) is 1.29. The summed E-state index contributed by atoms with van der Waals surface area (Å²) in [7, 11) is 5.44. The summed E-state index contributed by atoms with van der Waals surface area (Å²) in [5.74, 6) is -0.176. The predicted molar refractivity (Wildman–Crippen MR) is 78.9 cm³/mol. The lowest BCUT2D eigenvalue weighted by Gasteiger charge is -2.22. The fourth-order valence-electron chi connectivity index (χ4n) is 1.78. The van der Waals surface area contributed by atoms with Crippen LogP contribution in [-0.4, -0.2) is 56.1 Å². The quantitative estimate of drug-likeness (QED) is 0.762. The number of carbonyl (C=O) groups excluding carboxylic acids is 1. The number of nitrogens with zero attached hydrogens (tertiary/aromatic N) is 3. The van der Waals surface area contributed by atoms with Gasteiger partial charge in [-0.3, -0.25) is 0 Å². The van der Waals surface area contributed by atoms with Crippen LogP contribution in [0.2, 0.25) is 0 Å². The molecule has 1 aromatic heterocycles. The van der Waals surface area contributed by atoms with Gasteiger partial charge >= 0.3 is 5.97 Å². The molecule has 7 heteroatoms. The number of rotatable bonds is 7. The summed E-state index contributed by atoms with van der Waals surface area (Å²) in [6.45, 7) is 4.71. The first-order valence-electron chi connectivity index (χ1n) is 6.24. The second-order valence-electron chi connectivity index (χ2n) is 4.48. The minimum atomic E-state index is -0.424. The molecular weight excluding hydrogens is 264 g/mol. The zero-order valence-corrected chi connectivity index (χ0v) is 12.8. The number of esters is 1. The first-order valence-corrected chi connectivity index (χ1v) is 7.01. The molecule has 0 aliphatic rings. The van der Waals surface area contributed by atoms with Crippen molar-refractivity contribution >= 4 is 28.3 Å². The summed E-state index contributed by atoms with van der Waals surface area (Å²) in [5.41, 5.74) is 6.14. The highest BCUT2D eigenvalue weighted by Gasteiger charge is 2.23. The summed E-state index contributed by atoms with van der Waals surface area (Å²) in [4.78, 5) is 16.0. The Labute approximate surface area is 118 Å². The molecule has 0 saturated heterocycles. The van der Waals surface area contributed by atoms with Gasteiger partial charge in [0.15, 0.2) is 5.82 Å². The Morgan fingerprint density at radius 2 is 2.11 bits per heavy atom. The van der Waals surface area contributed by atoms with E-state index in [1.54, 1.807) is 0 Å². The molecule has 1 aromatic rings. The average molecular weight is 286 g/mol. The SMILES string of the molecule is CCN(CCCN(C)C)c1snc(N)c1C(=O)OC. The van der Waals surface area contributed by atoms with Crippen LogP contribution in [0.25, 0.3) is 0 Å². The van der Waals surface area contributed by atoms with Gasteiger partial charge in [-0.25, -0.2) is 4.79 Å². The highest BCUT2D eigenvalue weighted by molar-refractivity contribution is 7.11. The van der Waals surface area contributed by atoms with Gasteiger partial charge < -0.3 is 20.3 Å². The number of ether oxygens (including phenoxy) is 1. The topological polar surface area (TPSA) is 71.7 Å². The van der Waals surface area contributed by atoms with Crippen molar-refractivity contribution in [3.8, 4) is 0 Å². The number of carbonyl (C=O) groups is 1. The van der Waals surface area contributed by atoms with E-state index >= 15 is 0 Å². The fraction of sp³-hybridized carbons (Fsp3) is 0.667. The van der Waals surface area contributed by atoms with Crippen molar-refractivity contribution in [1.82, 2.24) is 9.27 Å². The third-order valence-corrected chi connectivity index (χ3v) is 3.72. The Bertz CT molecular complexity index is 420. The van der Waals surface area contributed by atoms with Gasteiger partial charge in [0, 0.05) is 13.1 Å². The smallest absolute Gasteiger partial charge is 0.344 e. The maximum Gasteiger partial charge on any atom is 0.344 e.